The fourth-order valence-electron chi connectivity index (χ4n) is 9.86. The first-order chi connectivity index (χ1) is 18.2. The van der Waals surface area contributed by atoms with Crippen LogP contribution in [0, 0.1) is 46.3 Å². The van der Waals surface area contributed by atoms with Crippen molar-refractivity contribution in [3.8, 4) is 0 Å². The number of unbranched alkanes of at least 4 members (excludes halogenated alkanes) is 4. The van der Waals surface area contributed by atoms with Crippen molar-refractivity contribution in [1.29, 1.82) is 0 Å². The first-order valence-electron chi connectivity index (χ1n) is 16.8. The number of nitrogens with one attached hydrogen (secondary N) is 1. The Morgan fingerprint density at radius 1 is 0.974 bits per heavy atom. The van der Waals surface area contributed by atoms with E-state index in [1.807, 2.05) is 0 Å². The van der Waals surface area contributed by atoms with Gasteiger partial charge in [0.1, 0.15) is 6.10 Å². The largest absolute Gasteiger partial charge is 0.446 e. The molecular formula is C35H61NO2. The predicted molar refractivity (Wildman–Crippen MR) is 160 cm³/mol. The summed E-state index contributed by atoms with van der Waals surface area (Å²) in [5.41, 5.74) is 2.48. The van der Waals surface area contributed by atoms with Gasteiger partial charge >= 0.3 is 6.09 Å². The molecule has 0 unspecified atom stereocenters. The van der Waals surface area contributed by atoms with Gasteiger partial charge in [-0.15, -0.1) is 0 Å². The van der Waals surface area contributed by atoms with Crippen molar-refractivity contribution < 1.29 is 9.53 Å². The number of carbonyl (C=O) groups excluding carboxylic acids is 1. The standard InChI is InChI=1S/C35H61NO2/c1-7-8-9-10-11-23-36-33(37)38-28-19-21-34(5)27(24-28)15-16-29-31-18-17-30(26(4)14-12-13-25(2)3)35(31,6)22-20-32(29)34/h15,25-26,28-32H,7-14,16-24H2,1-6H3,(H,36,37)/t26-,28+,29+,30-,31+,32+,34+,35-/m1/s1. The molecule has 0 bridgehead atoms. The Labute approximate surface area is 235 Å². The minimum absolute atomic E-state index is 0.0578. The zero-order valence-electron chi connectivity index (χ0n) is 26.0. The third-order valence-electron chi connectivity index (χ3n) is 12.1. The summed E-state index contributed by atoms with van der Waals surface area (Å²) in [6.45, 7) is 15.6. The second kappa shape index (κ2) is 13.1. The van der Waals surface area contributed by atoms with Crippen LogP contribution in [0.1, 0.15) is 144 Å². The maximum absolute atomic E-state index is 12.5. The Kier molecular flexibility index (Phi) is 10.3. The van der Waals surface area contributed by atoms with Gasteiger partial charge in [-0.3, -0.25) is 0 Å². The van der Waals surface area contributed by atoms with Crippen molar-refractivity contribution in [3.05, 3.63) is 11.6 Å². The van der Waals surface area contributed by atoms with Gasteiger partial charge in [0.25, 0.3) is 0 Å². The average molecular weight is 528 g/mol. The highest BCUT2D eigenvalue weighted by Crippen LogP contribution is 2.67. The molecule has 0 radical (unpaired) electrons. The SMILES string of the molecule is CCCCCCCNC(=O)O[C@H]1CC[C@@]2(C)C(=CC[C@H]3[C@@H]4CC[C@H]([C@H](C)CCCC(C)C)[C@@]4(C)CC[C@@H]32)C1. The maximum atomic E-state index is 12.5. The summed E-state index contributed by atoms with van der Waals surface area (Å²) in [5, 5.41) is 3.01. The Morgan fingerprint density at radius 3 is 2.53 bits per heavy atom. The van der Waals surface area contributed by atoms with Gasteiger partial charge in [0.05, 0.1) is 0 Å². The molecule has 0 spiro atoms. The first kappa shape index (κ1) is 30.0. The molecule has 4 aliphatic carbocycles. The lowest BCUT2D eigenvalue weighted by Gasteiger charge is -2.58. The zero-order valence-corrected chi connectivity index (χ0v) is 26.0. The fraction of sp³-hybridized carbons (Fsp3) is 0.914. The number of carbonyl (C=O) groups is 1. The fourth-order valence-corrected chi connectivity index (χ4v) is 9.86. The van der Waals surface area contributed by atoms with Gasteiger partial charge in [0.2, 0.25) is 0 Å². The third kappa shape index (κ3) is 6.49. The molecule has 0 aliphatic heterocycles. The van der Waals surface area contributed by atoms with Gasteiger partial charge in [-0.05, 0) is 97.7 Å². The van der Waals surface area contributed by atoms with E-state index in [9.17, 15) is 4.79 Å². The molecular weight excluding hydrogens is 466 g/mol. The van der Waals surface area contributed by atoms with Gasteiger partial charge in [-0.25, -0.2) is 4.79 Å². The molecule has 218 valence electrons. The lowest BCUT2D eigenvalue weighted by molar-refractivity contribution is -0.0581. The van der Waals surface area contributed by atoms with Crippen molar-refractivity contribution in [2.24, 2.45) is 46.3 Å². The molecule has 0 saturated heterocycles. The normalized spacial score (nSPS) is 37.1. The number of amides is 1. The van der Waals surface area contributed by atoms with Gasteiger partial charge < -0.3 is 10.1 Å². The summed E-state index contributed by atoms with van der Waals surface area (Å²) in [5.74, 6) is 5.24. The molecule has 3 nitrogen and oxygen atoms in total. The molecule has 1 N–H and O–H groups in total. The van der Waals surface area contributed by atoms with Crippen LogP contribution in [0.25, 0.3) is 0 Å². The smallest absolute Gasteiger partial charge is 0.407 e. The van der Waals surface area contributed by atoms with Crippen LogP contribution in [-0.4, -0.2) is 18.7 Å². The number of hydrogen-bond donors (Lipinski definition) is 1. The van der Waals surface area contributed by atoms with Crippen LogP contribution in [0.3, 0.4) is 0 Å². The van der Waals surface area contributed by atoms with Gasteiger partial charge in [0.15, 0.2) is 0 Å². The molecule has 3 saturated carbocycles. The van der Waals surface area contributed by atoms with E-state index in [0.717, 1.165) is 61.3 Å². The second-order valence-corrected chi connectivity index (χ2v) is 14.9. The van der Waals surface area contributed by atoms with E-state index in [4.69, 9.17) is 4.74 Å². The van der Waals surface area contributed by atoms with E-state index >= 15 is 0 Å². The molecule has 3 fully saturated rings. The number of rotatable bonds is 12. The number of allylic oxidation sites excluding steroid dienone is 1. The van der Waals surface area contributed by atoms with Crippen LogP contribution in [0.4, 0.5) is 4.79 Å². The summed E-state index contributed by atoms with van der Waals surface area (Å²) < 4.78 is 5.93. The monoisotopic (exact) mass is 527 g/mol. The molecule has 0 aromatic rings. The van der Waals surface area contributed by atoms with Gasteiger partial charge in [-0.2, -0.15) is 0 Å². The quantitative estimate of drug-likeness (QED) is 0.202. The molecule has 38 heavy (non-hydrogen) atoms. The van der Waals surface area contributed by atoms with E-state index in [2.05, 4.69) is 52.9 Å². The molecule has 0 heterocycles. The van der Waals surface area contributed by atoms with Crippen molar-refractivity contribution >= 4 is 6.09 Å². The number of alkyl carbamates (subject to hydrolysis) is 1. The molecule has 4 aliphatic rings. The van der Waals surface area contributed by atoms with Crippen LogP contribution in [0.2, 0.25) is 0 Å². The third-order valence-corrected chi connectivity index (χ3v) is 12.1. The summed E-state index contributed by atoms with van der Waals surface area (Å²) in [6.07, 6.45) is 23.0. The van der Waals surface area contributed by atoms with E-state index in [-0.39, 0.29) is 12.2 Å². The van der Waals surface area contributed by atoms with Crippen molar-refractivity contribution in [1.82, 2.24) is 5.32 Å². The Morgan fingerprint density at radius 2 is 1.76 bits per heavy atom. The van der Waals surface area contributed by atoms with E-state index in [1.165, 1.54) is 83.5 Å². The molecule has 8 atom stereocenters. The summed E-state index contributed by atoms with van der Waals surface area (Å²) >= 11 is 0. The van der Waals surface area contributed by atoms with E-state index in [1.54, 1.807) is 5.57 Å². The highest BCUT2D eigenvalue weighted by atomic mass is 16.6. The topological polar surface area (TPSA) is 38.3 Å². The lowest BCUT2D eigenvalue weighted by Crippen LogP contribution is -2.51. The van der Waals surface area contributed by atoms with E-state index in [0.29, 0.717) is 10.8 Å². The first-order valence-corrected chi connectivity index (χ1v) is 16.8. The highest BCUT2D eigenvalue weighted by molar-refractivity contribution is 5.67. The van der Waals surface area contributed by atoms with Crippen molar-refractivity contribution in [2.45, 2.75) is 150 Å². The van der Waals surface area contributed by atoms with Gasteiger partial charge in [-0.1, -0.05) is 98.1 Å². The number of hydrogen-bond acceptors (Lipinski definition) is 2. The lowest BCUT2D eigenvalue weighted by atomic mass is 9.47. The summed E-state index contributed by atoms with van der Waals surface area (Å²) in [4.78, 5) is 12.5. The van der Waals surface area contributed by atoms with Crippen LogP contribution < -0.4 is 5.32 Å². The molecule has 0 aromatic heterocycles. The van der Waals surface area contributed by atoms with Crippen LogP contribution in [0.5, 0.6) is 0 Å². The minimum Gasteiger partial charge on any atom is -0.446 e. The minimum atomic E-state index is -0.198. The molecule has 3 heteroatoms. The number of ether oxygens (including phenoxy) is 1. The van der Waals surface area contributed by atoms with Crippen LogP contribution >= 0.6 is 0 Å². The molecule has 0 aromatic carbocycles. The summed E-state index contributed by atoms with van der Waals surface area (Å²) in [6, 6.07) is 0. The molecule has 4 rings (SSSR count). The second-order valence-electron chi connectivity index (χ2n) is 14.9. The Hall–Kier alpha value is -0.990. The van der Waals surface area contributed by atoms with Gasteiger partial charge in [0, 0.05) is 13.0 Å². The van der Waals surface area contributed by atoms with Crippen LogP contribution in [0.15, 0.2) is 11.6 Å². The number of fused-ring (bicyclic) bond motifs is 5. The van der Waals surface area contributed by atoms with Crippen molar-refractivity contribution in [3.63, 3.8) is 0 Å². The summed E-state index contributed by atoms with van der Waals surface area (Å²) in [7, 11) is 0. The average Bonchev–Trinajstić information content (AvgIpc) is 3.23. The molecule has 1 amide bonds. The van der Waals surface area contributed by atoms with E-state index < -0.39 is 0 Å². The maximum Gasteiger partial charge on any atom is 0.407 e. The predicted octanol–water partition coefficient (Wildman–Crippen LogP) is 10.1. The zero-order chi connectivity index (χ0) is 27.3. The Balaban J connectivity index is 1.31. The van der Waals surface area contributed by atoms with Crippen molar-refractivity contribution in [2.75, 3.05) is 6.54 Å². The van der Waals surface area contributed by atoms with Crippen LogP contribution in [-0.2, 0) is 4.74 Å². The highest BCUT2D eigenvalue weighted by Gasteiger charge is 2.59. The Bertz CT molecular complexity index is 804.